The van der Waals surface area contributed by atoms with Crippen LogP contribution in [0.1, 0.15) is 19.5 Å². The van der Waals surface area contributed by atoms with Gasteiger partial charge in [0.25, 0.3) is 0 Å². The lowest BCUT2D eigenvalue weighted by Gasteiger charge is -2.35. The molecule has 4 rings (SSSR count). The second-order valence-electron chi connectivity index (χ2n) is 6.75. The quantitative estimate of drug-likeness (QED) is 0.575. The first-order valence-electron chi connectivity index (χ1n) is 9.43. The topological polar surface area (TPSA) is 43.2 Å². The Morgan fingerprint density at radius 2 is 1.79 bits per heavy atom. The molecule has 0 N–H and O–H groups in total. The van der Waals surface area contributed by atoms with E-state index in [1.807, 2.05) is 36.7 Å². The van der Waals surface area contributed by atoms with Gasteiger partial charge >= 0.3 is 0 Å². The third-order valence-corrected chi connectivity index (χ3v) is 5.83. The minimum Gasteiger partial charge on any atom is -0.379 e. The zero-order chi connectivity index (χ0) is 19.5. The van der Waals surface area contributed by atoms with Gasteiger partial charge in [0.1, 0.15) is 0 Å². The SMILES string of the molecule is CCC(N1CCOCC1)n1cnc(-c2ccncc2)c1-c1ccc(Cl)c(Cl)c1. The van der Waals surface area contributed by atoms with Gasteiger partial charge in [-0.3, -0.25) is 9.88 Å². The molecule has 1 saturated heterocycles. The molecule has 1 unspecified atom stereocenters. The standard InChI is InChI=1S/C21H22Cl2N4O/c1-2-19(26-9-11-28-12-10-26)27-14-25-20(15-5-7-24-8-6-15)21(27)16-3-4-17(22)18(23)13-16/h3-8,13-14,19H,2,9-12H2,1H3. The Kier molecular flexibility index (Phi) is 5.97. The van der Waals surface area contributed by atoms with E-state index in [4.69, 9.17) is 32.9 Å². The van der Waals surface area contributed by atoms with Crippen molar-refractivity contribution in [2.75, 3.05) is 26.3 Å². The van der Waals surface area contributed by atoms with Crippen molar-refractivity contribution >= 4 is 23.2 Å². The van der Waals surface area contributed by atoms with Gasteiger partial charge in [-0.15, -0.1) is 0 Å². The van der Waals surface area contributed by atoms with Gasteiger partial charge in [-0.1, -0.05) is 36.2 Å². The van der Waals surface area contributed by atoms with Gasteiger partial charge in [0, 0.05) is 36.6 Å². The number of nitrogens with zero attached hydrogens (tertiary/aromatic N) is 4. The third kappa shape index (κ3) is 3.80. The molecule has 5 nitrogen and oxygen atoms in total. The molecule has 146 valence electrons. The largest absolute Gasteiger partial charge is 0.379 e. The van der Waals surface area contributed by atoms with Crippen molar-refractivity contribution in [2.24, 2.45) is 0 Å². The van der Waals surface area contributed by atoms with E-state index in [1.54, 1.807) is 12.4 Å². The van der Waals surface area contributed by atoms with Gasteiger partial charge in [-0.05, 0) is 30.7 Å². The Morgan fingerprint density at radius 3 is 2.46 bits per heavy atom. The molecular weight excluding hydrogens is 395 g/mol. The van der Waals surface area contributed by atoms with Crippen molar-refractivity contribution < 1.29 is 4.74 Å². The lowest BCUT2D eigenvalue weighted by molar-refractivity contribution is -0.00228. The minimum absolute atomic E-state index is 0.191. The number of pyridine rings is 1. The summed E-state index contributed by atoms with van der Waals surface area (Å²) >= 11 is 12.5. The predicted octanol–water partition coefficient (Wildman–Crippen LogP) is 5.16. The second-order valence-corrected chi connectivity index (χ2v) is 7.57. The van der Waals surface area contributed by atoms with Crippen LogP contribution in [-0.4, -0.2) is 45.7 Å². The van der Waals surface area contributed by atoms with Gasteiger partial charge < -0.3 is 9.30 Å². The average Bonchev–Trinajstić information content (AvgIpc) is 3.17. The van der Waals surface area contributed by atoms with Crippen molar-refractivity contribution in [3.8, 4) is 22.5 Å². The molecule has 2 aromatic heterocycles. The zero-order valence-electron chi connectivity index (χ0n) is 15.7. The molecule has 7 heteroatoms. The molecule has 0 saturated carbocycles. The maximum Gasteiger partial charge on any atom is 0.0972 e. The van der Waals surface area contributed by atoms with Gasteiger partial charge in [-0.25, -0.2) is 4.98 Å². The second kappa shape index (κ2) is 8.62. The molecule has 0 amide bonds. The van der Waals surface area contributed by atoms with Crippen LogP contribution in [0.3, 0.4) is 0 Å². The molecule has 0 bridgehead atoms. The highest BCUT2D eigenvalue weighted by Gasteiger charge is 2.26. The van der Waals surface area contributed by atoms with Crippen molar-refractivity contribution in [1.82, 2.24) is 19.4 Å². The van der Waals surface area contributed by atoms with Gasteiger partial charge in [0.05, 0.1) is 47.1 Å². The van der Waals surface area contributed by atoms with Crippen LogP contribution in [-0.2, 0) is 4.74 Å². The molecule has 0 spiro atoms. The lowest BCUT2D eigenvalue weighted by atomic mass is 10.0. The maximum atomic E-state index is 6.35. The van der Waals surface area contributed by atoms with E-state index in [1.165, 1.54) is 0 Å². The minimum atomic E-state index is 0.191. The van der Waals surface area contributed by atoms with Crippen LogP contribution in [0, 0.1) is 0 Å². The van der Waals surface area contributed by atoms with E-state index in [-0.39, 0.29) is 6.17 Å². The maximum absolute atomic E-state index is 6.35. The van der Waals surface area contributed by atoms with Crippen molar-refractivity contribution in [2.45, 2.75) is 19.5 Å². The fourth-order valence-corrected chi connectivity index (χ4v) is 4.04. The van der Waals surface area contributed by atoms with Gasteiger partial charge in [0.15, 0.2) is 0 Å². The first-order valence-corrected chi connectivity index (χ1v) is 10.2. The summed E-state index contributed by atoms with van der Waals surface area (Å²) < 4.78 is 7.79. The zero-order valence-corrected chi connectivity index (χ0v) is 17.2. The highest BCUT2D eigenvalue weighted by Crippen LogP contribution is 2.37. The lowest BCUT2D eigenvalue weighted by Crippen LogP contribution is -2.41. The Hall–Kier alpha value is -1.92. The van der Waals surface area contributed by atoms with Crippen LogP contribution in [0.15, 0.2) is 49.1 Å². The Bertz CT molecular complexity index is 939. The van der Waals surface area contributed by atoms with Crippen LogP contribution in [0.4, 0.5) is 0 Å². The molecular formula is C21H22Cl2N4O. The molecule has 28 heavy (non-hydrogen) atoms. The summed E-state index contributed by atoms with van der Waals surface area (Å²) in [5, 5.41) is 1.08. The predicted molar refractivity (Wildman–Crippen MR) is 113 cm³/mol. The fraction of sp³-hybridized carbons (Fsp3) is 0.333. The van der Waals surface area contributed by atoms with Crippen LogP contribution >= 0.6 is 23.2 Å². The number of hydrogen-bond donors (Lipinski definition) is 0. The number of morpholine rings is 1. The first-order chi connectivity index (χ1) is 13.7. The fourth-order valence-electron chi connectivity index (χ4n) is 3.74. The number of ether oxygens (including phenoxy) is 1. The molecule has 0 aliphatic carbocycles. The Balaban J connectivity index is 1.86. The smallest absolute Gasteiger partial charge is 0.0972 e. The van der Waals surface area contributed by atoms with Crippen LogP contribution in [0.25, 0.3) is 22.5 Å². The van der Waals surface area contributed by atoms with Crippen molar-refractivity contribution in [3.63, 3.8) is 0 Å². The number of aromatic nitrogens is 3. The van der Waals surface area contributed by atoms with Gasteiger partial charge in [0.2, 0.25) is 0 Å². The summed E-state index contributed by atoms with van der Waals surface area (Å²) in [6.07, 6.45) is 6.65. The summed E-state index contributed by atoms with van der Waals surface area (Å²) in [5.74, 6) is 0. The third-order valence-electron chi connectivity index (χ3n) is 5.09. The highest BCUT2D eigenvalue weighted by molar-refractivity contribution is 6.42. The van der Waals surface area contributed by atoms with Crippen LogP contribution in [0.5, 0.6) is 0 Å². The van der Waals surface area contributed by atoms with Gasteiger partial charge in [-0.2, -0.15) is 0 Å². The highest BCUT2D eigenvalue weighted by atomic mass is 35.5. The van der Waals surface area contributed by atoms with E-state index >= 15 is 0 Å². The molecule has 1 atom stereocenters. The molecule has 1 fully saturated rings. The summed E-state index contributed by atoms with van der Waals surface area (Å²) in [4.78, 5) is 11.4. The Labute approximate surface area is 174 Å². The number of rotatable bonds is 5. The van der Waals surface area contributed by atoms with E-state index in [9.17, 15) is 0 Å². The van der Waals surface area contributed by atoms with E-state index in [2.05, 4.69) is 21.4 Å². The summed E-state index contributed by atoms with van der Waals surface area (Å²) in [5.41, 5.74) is 3.95. The van der Waals surface area contributed by atoms with Crippen molar-refractivity contribution in [1.29, 1.82) is 0 Å². The molecule has 0 radical (unpaired) electrons. The first kappa shape index (κ1) is 19.4. The summed E-state index contributed by atoms with van der Waals surface area (Å²) in [7, 11) is 0. The molecule has 3 heterocycles. The molecule has 1 aliphatic rings. The average molecular weight is 417 g/mol. The molecule has 3 aromatic rings. The summed E-state index contributed by atoms with van der Waals surface area (Å²) in [6, 6.07) is 9.70. The number of imidazole rings is 1. The number of benzene rings is 1. The van der Waals surface area contributed by atoms with E-state index in [0.717, 1.165) is 55.2 Å². The molecule has 1 aliphatic heterocycles. The van der Waals surface area contributed by atoms with Crippen molar-refractivity contribution in [3.05, 3.63) is 59.1 Å². The monoisotopic (exact) mass is 416 g/mol. The van der Waals surface area contributed by atoms with E-state index < -0.39 is 0 Å². The van der Waals surface area contributed by atoms with Crippen LogP contribution in [0.2, 0.25) is 10.0 Å². The number of hydrogen-bond acceptors (Lipinski definition) is 4. The summed E-state index contributed by atoms with van der Waals surface area (Å²) in [6.45, 7) is 5.52. The normalized spacial score (nSPS) is 16.2. The number of halogens is 2. The molecule has 1 aromatic carbocycles. The van der Waals surface area contributed by atoms with E-state index in [0.29, 0.717) is 10.0 Å². The van der Waals surface area contributed by atoms with Crippen LogP contribution < -0.4 is 0 Å². The Morgan fingerprint density at radius 1 is 1.04 bits per heavy atom.